The Hall–Kier alpha value is -0.520. The van der Waals surface area contributed by atoms with Gasteiger partial charge in [-0.25, -0.2) is 4.79 Å². The van der Waals surface area contributed by atoms with Crippen molar-refractivity contribution in [2.24, 2.45) is 0 Å². The number of thiophene rings is 1. The molecule has 0 bridgehead atoms. The van der Waals surface area contributed by atoms with E-state index in [2.05, 4.69) is 11.6 Å². The van der Waals surface area contributed by atoms with Crippen molar-refractivity contribution in [1.29, 1.82) is 0 Å². The van der Waals surface area contributed by atoms with Crippen LogP contribution in [0.15, 0.2) is 6.07 Å². The van der Waals surface area contributed by atoms with Crippen molar-refractivity contribution in [2.45, 2.75) is 39.2 Å². The molecule has 0 aliphatic rings. The minimum atomic E-state index is -0.826. The minimum Gasteiger partial charge on any atom is -0.477 e. The minimum absolute atomic E-state index is 0.436. The second kappa shape index (κ2) is 9.39. The van der Waals surface area contributed by atoms with E-state index in [1.54, 1.807) is 6.07 Å². The summed E-state index contributed by atoms with van der Waals surface area (Å²) in [4.78, 5) is 12.4. The zero-order valence-corrected chi connectivity index (χ0v) is 13.3. The second-order valence-electron chi connectivity index (χ2n) is 4.58. The normalized spacial score (nSPS) is 10.8. The molecule has 0 saturated heterocycles. The highest BCUT2D eigenvalue weighted by Crippen LogP contribution is 2.21. The number of carboxylic acids is 1. The summed E-state index contributed by atoms with van der Waals surface area (Å²) in [6.45, 7) is 3.77. The topological polar surface area (TPSA) is 49.3 Å². The number of nitrogens with one attached hydrogen (secondary N) is 1. The molecule has 0 amide bonds. The summed E-state index contributed by atoms with van der Waals surface area (Å²) in [7, 11) is 0. The molecule has 0 aromatic carbocycles. The first-order valence-electron chi connectivity index (χ1n) is 6.67. The van der Waals surface area contributed by atoms with Gasteiger partial charge in [-0.1, -0.05) is 12.8 Å². The third kappa shape index (κ3) is 6.45. The molecule has 0 aliphatic heterocycles. The van der Waals surface area contributed by atoms with Crippen LogP contribution >= 0.6 is 23.1 Å². The zero-order chi connectivity index (χ0) is 14.1. The summed E-state index contributed by atoms with van der Waals surface area (Å²) in [5, 5.41) is 12.3. The predicted octanol–water partition coefficient (Wildman–Crippen LogP) is 3.77. The fourth-order valence-corrected chi connectivity index (χ4v) is 3.25. The van der Waals surface area contributed by atoms with Gasteiger partial charge in [0, 0.05) is 11.4 Å². The molecule has 0 saturated carbocycles. The van der Waals surface area contributed by atoms with Crippen LogP contribution in [-0.4, -0.2) is 29.6 Å². The average Bonchev–Trinajstić information content (AvgIpc) is 2.74. The summed E-state index contributed by atoms with van der Waals surface area (Å²) < 4.78 is 0. The van der Waals surface area contributed by atoms with Crippen molar-refractivity contribution in [3.05, 3.63) is 21.4 Å². The average molecular weight is 301 g/mol. The van der Waals surface area contributed by atoms with Crippen LogP contribution in [0.4, 0.5) is 0 Å². The molecule has 1 rings (SSSR count). The van der Waals surface area contributed by atoms with Crippen molar-refractivity contribution in [1.82, 2.24) is 5.32 Å². The van der Waals surface area contributed by atoms with Gasteiger partial charge in [0.05, 0.1) is 0 Å². The lowest BCUT2D eigenvalue weighted by molar-refractivity contribution is 0.0702. The molecule has 108 valence electrons. The number of hydrogen-bond donors (Lipinski definition) is 2. The van der Waals surface area contributed by atoms with Crippen LogP contribution in [0.25, 0.3) is 0 Å². The summed E-state index contributed by atoms with van der Waals surface area (Å²) in [5.74, 6) is 0.438. The van der Waals surface area contributed by atoms with Gasteiger partial charge in [-0.3, -0.25) is 0 Å². The van der Waals surface area contributed by atoms with E-state index in [-0.39, 0.29) is 0 Å². The Balaban J connectivity index is 2.14. The molecule has 3 nitrogen and oxygen atoms in total. The highest BCUT2D eigenvalue weighted by molar-refractivity contribution is 7.98. The Labute approximate surface area is 123 Å². The highest BCUT2D eigenvalue weighted by atomic mass is 32.2. The van der Waals surface area contributed by atoms with E-state index in [1.807, 2.05) is 18.7 Å². The van der Waals surface area contributed by atoms with Crippen molar-refractivity contribution >= 4 is 29.1 Å². The van der Waals surface area contributed by atoms with Gasteiger partial charge in [-0.2, -0.15) is 11.8 Å². The highest BCUT2D eigenvalue weighted by Gasteiger charge is 2.10. The number of rotatable bonds is 10. The number of thioether (sulfide) groups is 1. The maximum Gasteiger partial charge on any atom is 0.345 e. The van der Waals surface area contributed by atoms with Crippen LogP contribution in [0.5, 0.6) is 0 Å². The Morgan fingerprint density at radius 1 is 1.37 bits per heavy atom. The molecule has 0 unspecified atom stereocenters. The fourth-order valence-electron chi connectivity index (χ4n) is 1.87. The molecule has 0 spiro atoms. The number of carboxylic acid groups (broad SMARTS) is 1. The van der Waals surface area contributed by atoms with Gasteiger partial charge in [0.15, 0.2) is 0 Å². The number of hydrogen-bond acceptors (Lipinski definition) is 4. The van der Waals surface area contributed by atoms with Crippen molar-refractivity contribution < 1.29 is 9.90 Å². The van der Waals surface area contributed by atoms with Gasteiger partial charge in [-0.05, 0) is 49.9 Å². The van der Waals surface area contributed by atoms with Gasteiger partial charge in [0.1, 0.15) is 4.88 Å². The lowest BCUT2D eigenvalue weighted by Gasteiger charge is -2.04. The zero-order valence-electron chi connectivity index (χ0n) is 11.7. The maximum absolute atomic E-state index is 10.9. The van der Waals surface area contributed by atoms with Gasteiger partial charge < -0.3 is 10.4 Å². The van der Waals surface area contributed by atoms with Gasteiger partial charge in [0.25, 0.3) is 0 Å². The van der Waals surface area contributed by atoms with Crippen LogP contribution in [0.2, 0.25) is 0 Å². The van der Waals surface area contributed by atoms with Crippen molar-refractivity contribution in [3.8, 4) is 0 Å². The van der Waals surface area contributed by atoms with Crippen LogP contribution < -0.4 is 5.32 Å². The maximum atomic E-state index is 10.9. The van der Waals surface area contributed by atoms with E-state index < -0.39 is 5.97 Å². The molecule has 1 aromatic rings. The van der Waals surface area contributed by atoms with Crippen molar-refractivity contribution in [2.75, 3.05) is 18.6 Å². The lowest BCUT2D eigenvalue weighted by atomic mass is 10.2. The smallest absolute Gasteiger partial charge is 0.345 e. The third-order valence-corrected chi connectivity index (χ3v) is 4.78. The molecular weight excluding hydrogens is 278 g/mol. The van der Waals surface area contributed by atoms with Crippen molar-refractivity contribution in [3.63, 3.8) is 0 Å². The van der Waals surface area contributed by atoms with E-state index in [0.29, 0.717) is 4.88 Å². The van der Waals surface area contributed by atoms with Gasteiger partial charge in [0.2, 0.25) is 0 Å². The van der Waals surface area contributed by atoms with Crippen LogP contribution in [0.1, 0.15) is 45.8 Å². The Morgan fingerprint density at radius 3 is 2.74 bits per heavy atom. The standard InChI is InChI=1S/C14H23NO2S2/c1-11-12(9-13(19-11)14(16)17)10-15-7-5-3-4-6-8-18-2/h9,15H,3-8,10H2,1-2H3,(H,16,17). The lowest BCUT2D eigenvalue weighted by Crippen LogP contribution is -2.14. The number of aromatic carboxylic acids is 1. The quantitative estimate of drug-likeness (QED) is 0.646. The first-order valence-corrected chi connectivity index (χ1v) is 8.88. The molecule has 1 heterocycles. The Bertz CT molecular complexity index is 391. The molecule has 5 heteroatoms. The van der Waals surface area contributed by atoms with Crippen LogP contribution in [-0.2, 0) is 6.54 Å². The molecular formula is C14H23NO2S2. The first-order chi connectivity index (χ1) is 9.15. The van der Waals surface area contributed by atoms with Gasteiger partial charge in [-0.15, -0.1) is 11.3 Å². The molecule has 0 atom stereocenters. The SMILES string of the molecule is CSCCCCCCNCc1cc(C(=O)O)sc1C. The summed E-state index contributed by atoms with van der Waals surface area (Å²) in [6.07, 6.45) is 7.24. The molecule has 19 heavy (non-hydrogen) atoms. The van der Waals surface area contributed by atoms with E-state index in [4.69, 9.17) is 5.11 Å². The molecule has 0 aliphatic carbocycles. The largest absolute Gasteiger partial charge is 0.477 e. The predicted molar refractivity (Wildman–Crippen MR) is 84.6 cm³/mol. The monoisotopic (exact) mass is 301 g/mol. The van der Waals surface area contributed by atoms with Crippen LogP contribution in [0.3, 0.4) is 0 Å². The van der Waals surface area contributed by atoms with E-state index in [1.165, 1.54) is 42.8 Å². The van der Waals surface area contributed by atoms with E-state index >= 15 is 0 Å². The molecule has 2 N–H and O–H groups in total. The van der Waals surface area contributed by atoms with Crippen LogP contribution in [0, 0.1) is 6.92 Å². The number of carbonyl (C=O) groups is 1. The third-order valence-electron chi connectivity index (χ3n) is 3.00. The molecule has 0 radical (unpaired) electrons. The Kier molecular flexibility index (Phi) is 8.18. The molecule has 0 fully saturated rings. The number of unbranched alkanes of at least 4 members (excludes halogenated alkanes) is 3. The summed E-state index contributed by atoms with van der Waals surface area (Å²) >= 11 is 3.27. The first kappa shape index (κ1) is 16.5. The summed E-state index contributed by atoms with van der Waals surface area (Å²) in [5.41, 5.74) is 1.12. The second-order valence-corrected chi connectivity index (χ2v) is 6.82. The summed E-state index contributed by atoms with van der Waals surface area (Å²) in [6, 6.07) is 1.79. The molecule has 1 aromatic heterocycles. The Morgan fingerprint density at radius 2 is 2.11 bits per heavy atom. The van der Waals surface area contributed by atoms with E-state index in [9.17, 15) is 4.79 Å². The fraction of sp³-hybridized carbons (Fsp3) is 0.643. The number of aryl methyl sites for hydroxylation is 1. The van der Waals surface area contributed by atoms with E-state index in [0.717, 1.165) is 23.5 Å². The van der Waals surface area contributed by atoms with Gasteiger partial charge >= 0.3 is 5.97 Å².